The Kier molecular flexibility index (Phi) is 2.95. The van der Waals surface area contributed by atoms with Crippen LogP contribution in [0.3, 0.4) is 0 Å². The molecule has 0 atom stereocenters. The number of thiophene rings is 1. The fourth-order valence-corrected chi connectivity index (χ4v) is 3.39. The maximum atomic E-state index is 10.8. The van der Waals surface area contributed by atoms with Gasteiger partial charge in [0.2, 0.25) is 0 Å². The summed E-state index contributed by atoms with van der Waals surface area (Å²) in [6, 6.07) is 5.77. The Morgan fingerprint density at radius 3 is 2.93 bits per heavy atom. The quantitative estimate of drug-likeness (QED) is 0.503. The number of halogens is 1. The van der Waals surface area contributed by atoms with Gasteiger partial charge in [-0.3, -0.25) is 4.79 Å². The zero-order valence-electron chi connectivity index (χ0n) is 7.16. The van der Waals surface area contributed by atoms with E-state index in [0.717, 1.165) is 31.5 Å². The molecule has 0 aliphatic carbocycles. The van der Waals surface area contributed by atoms with Gasteiger partial charge in [0.25, 0.3) is 0 Å². The lowest BCUT2D eigenvalue weighted by molar-refractivity contribution is 0.112. The van der Waals surface area contributed by atoms with Gasteiger partial charge in [-0.1, -0.05) is 28.1 Å². The van der Waals surface area contributed by atoms with E-state index in [4.69, 9.17) is 0 Å². The smallest absolute Gasteiger partial charge is 0.150 e. The molecule has 0 radical (unpaired) electrons. The first-order valence-electron chi connectivity index (χ1n) is 4.02. The maximum absolute atomic E-state index is 10.8. The Bertz CT molecular complexity index is 490. The van der Waals surface area contributed by atoms with E-state index in [9.17, 15) is 4.79 Å². The first-order valence-corrected chi connectivity index (χ1v) is 6.40. The minimum absolute atomic E-state index is 0.737. The van der Waals surface area contributed by atoms with E-state index in [2.05, 4.69) is 28.6 Å². The minimum Gasteiger partial charge on any atom is -0.298 e. The number of carbonyl (C=O) groups is 1. The molecule has 2 aromatic rings. The number of thiol groups is 1. The summed E-state index contributed by atoms with van der Waals surface area (Å²) in [6.07, 6.45) is 0.889. The Morgan fingerprint density at radius 1 is 1.50 bits per heavy atom. The second kappa shape index (κ2) is 4.04. The van der Waals surface area contributed by atoms with E-state index < -0.39 is 0 Å². The van der Waals surface area contributed by atoms with Crippen LogP contribution in [0.2, 0.25) is 0 Å². The van der Waals surface area contributed by atoms with Crippen molar-refractivity contribution in [2.75, 3.05) is 0 Å². The van der Waals surface area contributed by atoms with Crippen molar-refractivity contribution in [3.63, 3.8) is 0 Å². The molecule has 1 aromatic heterocycles. The summed E-state index contributed by atoms with van der Waals surface area (Å²) >= 11 is 9.34. The van der Waals surface area contributed by atoms with Gasteiger partial charge in [0.1, 0.15) is 0 Å². The van der Waals surface area contributed by atoms with Crippen LogP contribution in [0.5, 0.6) is 0 Å². The Hall–Kier alpha value is -0.320. The third-order valence-electron chi connectivity index (χ3n) is 2.06. The zero-order chi connectivity index (χ0) is 10.1. The van der Waals surface area contributed by atoms with Gasteiger partial charge in [-0.25, -0.2) is 0 Å². The van der Waals surface area contributed by atoms with Crippen molar-refractivity contribution in [1.29, 1.82) is 0 Å². The predicted molar refractivity (Wildman–Crippen MR) is 67.1 cm³/mol. The maximum Gasteiger partial charge on any atom is 0.150 e. The molecule has 0 fully saturated rings. The fourth-order valence-electron chi connectivity index (χ4n) is 1.39. The predicted octanol–water partition coefficient (Wildman–Crippen LogP) is 3.90. The van der Waals surface area contributed by atoms with Gasteiger partial charge in [-0.2, -0.15) is 0 Å². The highest BCUT2D eigenvalue weighted by Gasteiger charge is 2.07. The summed E-state index contributed by atoms with van der Waals surface area (Å²) in [5.41, 5.74) is 1.94. The van der Waals surface area contributed by atoms with Gasteiger partial charge in [-0.15, -0.1) is 24.0 Å². The molecule has 0 N–H and O–H groups in total. The minimum atomic E-state index is 0.737. The largest absolute Gasteiger partial charge is 0.298 e. The summed E-state index contributed by atoms with van der Waals surface area (Å²) in [7, 11) is 0. The molecule has 72 valence electrons. The van der Waals surface area contributed by atoms with Gasteiger partial charge in [-0.05, 0) is 11.6 Å². The van der Waals surface area contributed by atoms with Gasteiger partial charge < -0.3 is 0 Å². The Labute approximate surface area is 99.7 Å². The molecule has 0 aliphatic heterocycles. The molecule has 0 saturated heterocycles. The average molecular weight is 287 g/mol. The number of hydrogen-bond acceptors (Lipinski definition) is 3. The van der Waals surface area contributed by atoms with E-state index in [1.807, 2.05) is 18.2 Å². The first-order chi connectivity index (χ1) is 6.76. The van der Waals surface area contributed by atoms with E-state index >= 15 is 0 Å². The molecule has 0 saturated carbocycles. The number of fused-ring (bicyclic) bond motifs is 1. The van der Waals surface area contributed by atoms with Crippen LogP contribution in [-0.4, -0.2) is 6.29 Å². The lowest BCUT2D eigenvalue weighted by Crippen LogP contribution is -1.83. The fraction of sp³-hybridized carbons (Fsp3) is 0.100. The molecule has 2 rings (SSSR count). The number of alkyl halides is 1. The lowest BCUT2D eigenvalue weighted by Gasteiger charge is -1.99. The highest BCUT2D eigenvalue weighted by atomic mass is 79.9. The normalized spacial score (nSPS) is 10.7. The van der Waals surface area contributed by atoms with Crippen LogP contribution < -0.4 is 0 Å². The van der Waals surface area contributed by atoms with E-state index in [0.29, 0.717) is 0 Å². The molecule has 1 nitrogen and oxygen atoms in total. The van der Waals surface area contributed by atoms with Crippen molar-refractivity contribution >= 4 is 56.3 Å². The van der Waals surface area contributed by atoms with Gasteiger partial charge in [0.05, 0.1) is 4.21 Å². The van der Waals surface area contributed by atoms with Crippen LogP contribution in [0.1, 0.15) is 15.9 Å². The van der Waals surface area contributed by atoms with Crippen molar-refractivity contribution < 1.29 is 4.79 Å². The van der Waals surface area contributed by atoms with E-state index in [-0.39, 0.29) is 0 Å². The van der Waals surface area contributed by atoms with Crippen LogP contribution in [0.25, 0.3) is 10.1 Å². The van der Waals surface area contributed by atoms with Gasteiger partial charge in [0.15, 0.2) is 6.29 Å². The van der Waals surface area contributed by atoms with Crippen LogP contribution >= 0.6 is 39.9 Å². The molecule has 0 unspecified atom stereocenters. The Balaban J connectivity index is 2.83. The summed E-state index contributed by atoms with van der Waals surface area (Å²) in [5, 5.41) is 1.81. The number of hydrogen-bond donors (Lipinski definition) is 1. The first kappa shape index (κ1) is 10.2. The zero-order valence-corrected chi connectivity index (χ0v) is 10.5. The van der Waals surface area contributed by atoms with Crippen molar-refractivity contribution in [3.8, 4) is 0 Å². The van der Waals surface area contributed by atoms with Crippen LogP contribution in [-0.2, 0) is 5.33 Å². The average Bonchev–Trinajstić information content (AvgIpc) is 2.57. The van der Waals surface area contributed by atoms with E-state index in [1.54, 1.807) is 11.3 Å². The van der Waals surface area contributed by atoms with Crippen molar-refractivity contribution in [2.45, 2.75) is 9.54 Å². The summed E-state index contributed by atoms with van der Waals surface area (Å²) < 4.78 is 2.09. The number of benzene rings is 1. The molecular weight excluding hydrogens is 280 g/mol. The number of carbonyl (C=O) groups excluding carboxylic acids is 1. The standard InChI is InChI=1S/C10H7BrOS2/c11-4-6-1-2-7(5-12)8-3-9(13)14-10(6)8/h1-3,5,13H,4H2. The molecule has 0 amide bonds. The van der Waals surface area contributed by atoms with Gasteiger partial charge in [0, 0.05) is 21.0 Å². The molecular formula is C10H7BrOS2. The monoisotopic (exact) mass is 286 g/mol. The second-order valence-electron chi connectivity index (χ2n) is 2.89. The van der Waals surface area contributed by atoms with Crippen LogP contribution in [0, 0.1) is 0 Å². The highest BCUT2D eigenvalue weighted by molar-refractivity contribution is 9.08. The van der Waals surface area contributed by atoms with Crippen LogP contribution in [0.15, 0.2) is 22.4 Å². The molecule has 0 spiro atoms. The molecule has 0 bridgehead atoms. The third-order valence-corrected chi connectivity index (χ3v) is 4.08. The van der Waals surface area contributed by atoms with Crippen molar-refractivity contribution in [3.05, 3.63) is 29.3 Å². The molecule has 0 aliphatic rings. The summed E-state index contributed by atoms with van der Waals surface area (Å²) in [5.74, 6) is 0. The SMILES string of the molecule is O=Cc1ccc(CBr)c2sc(S)cc12. The molecule has 14 heavy (non-hydrogen) atoms. The van der Waals surface area contributed by atoms with Gasteiger partial charge >= 0.3 is 0 Å². The molecule has 1 heterocycles. The van der Waals surface area contributed by atoms with Crippen molar-refractivity contribution in [1.82, 2.24) is 0 Å². The van der Waals surface area contributed by atoms with Crippen molar-refractivity contribution in [2.24, 2.45) is 0 Å². The number of rotatable bonds is 2. The summed E-state index contributed by atoms with van der Waals surface area (Å²) in [6.45, 7) is 0. The molecule has 1 aromatic carbocycles. The Morgan fingerprint density at radius 2 is 2.29 bits per heavy atom. The second-order valence-corrected chi connectivity index (χ2v) is 5.29. The number of aldehydes is 1. The van der Waals surface area contributed by atoms with E-state index in [1.165, 1.54) is 5.56 Å². The topological polar surface area (TPSA) is 17.1 Å². The highest BCUT2D eigenvalue weighted by Crippen LogP contribution is 2.33. The molecule has 4 heteroatoms. The third kappa shape index (κ3) is 1.62. The lowest BCUT2D eigenvalue weighted by atomic mass is 10.1. The van der Waals surface area contributed by atoms with Crippen LogP contribution in [0.4, 0.5) is 0 Å². The summed E-state index contributed by atoms with van der Waals surface area (Å²) in [4.78, 5) is 10.8.